The average molecular weight is 427 g/mol. The van der Waals surface area contributed by atoms with Gasteiger partial charge in [0.05, 0.1) is 0 Å². The summed E-state index contributed by atoms with van der Waals surface area (Å²) >= 11 is 12.0. The molecule has 0 atom stereocenters. The van der Waals surface area contributed by atoms with Crippen molar-refractivity contribution in [1.29, 1.82) is 0 Å². The van der Waals surface area contributed by atoms with E-state index in [0.29, 0.717) is 21.1 Å². The molecule has 156 valence electrons. The second-order valence-electron chi connectivity index (χ2n) is 8.31. The molecule has 3 fully saturated rings. The van der Waals surface area contributed by atoms with Gasteiger partial charge in [-0.05, 0) is 68.2 Å². The zero-order valence-electron chi connectivity index (χ0n) is 17.0. The molecule has 1 aromatic rings. The predicted octanol–water partition coefficient (Wildman–Crippen LogP) is 5.49. The summed E-state index contributed by atoms with van der Waals surface area (Å²) in [6.07, 6.45) is 5.73. The van der Waals surface area contributed by atoms with E-state index in [2.05, 4.69) is 10.2 Å². The minimum atomic E-state index is 0.0922. The van der Waals surface area contributed by atoms with Gasteiger partial charge in [0.25, 0.3) is 0 Å². The summed E-state index contributed by atoms with van der Waals surface area (Å²) in [6, 6.07) is 5.14. The lowest BCUT2D eigenvalue weighted by Crippen LogP contribution is -2.63. The first-order valence-corrected chi connectivity index (χ1v) is 11.3. The normalized spacial score (nSPS) is 22.0. The van der Waals surface area contributed by atoms with Crippen molar-refractivity contribution in [3.8, 4) is 0 Å². The van der Waals surface area contributed by atoms with Gasteiger partial charge in [-0.25, -0.2) is 0 Å². The van der Waals surface area contributed by atoms with Gasteiger partial charge in [-0.1, -0.05) is 37.0 Å². The Hall–Kier alpha value is -0.810. The van der Waals surface area contributed by atoms with Gasteiger partial charge in [-0.3, -0.25) is 4.79 Å². The van der Waals surface area contributed by atoms with Gasteiger partial charge in [0.15, 0.2) is 0 Å². The Morgan fingerprint density at radius 2 is 1.75 bits per heavy atom. The lowest BCUT2D eigenvalue weighted by molar-refractivity contribution is -0.139. The van der Waals surface area contributed by atoms with Crippen LogP contribution in [-0.2, 0) is 9.53 Å². The van der Waals surface area contributed by atoms with Crippen LogP contribution in [-0.4, -0.2) is 43.7 Å². The summed E-state index contributed by atoms with van der Waals surface area (Å²) in [4.78, 5) is 15.0. The molecular weight excluding hydrogens is 395 g/mol. The molecule has 4 rings (SSSR count). The van der Waals surface area contributed by atoms with E-state index in [1.165, 1.54) is 25.8 Å². The minimum Gasteiger partial charge on any atom is -0.381 e. The molecule has 0 bridgehead atoms. The van der Waals surface area contributed by atoms with Crippen LogP contribution in [0.4, 0.5) is 5.69 Å². The Labute approximate surface area is 178 Å². The number of halogens is 2. The van der Waals surface area contributed by atoms with Gasteiger partial charge in [-0.15, -0.1) is 0 Å². The fraction of sp³-hybridized carbons (Fsp3) is 0.682. The highest BCUT2D eigenvalue weighted by atomic mass is 35.5. The molecular formula is C22H32Cl2N2O2. The smallest absolute Gasteiger partial charge is 0.227 e. The van der Waals surface area contributed by atoms with E-state index < -0.39 is 0 Å². The average Bonchev–Trinajstić information content (AvgIpc) is 2.60. The second kappa shape index (κ2) is 9.80. The maximum atomic E-state index is 12.4. The zero-order valence-corrected chi connectivity index (χ0v) is 18.5. The van der Waals surface area contributed by atoms with Crippen molar-refractivity contribution in [2.24, 2.45) is 17.3 Å². The first-order chi connectivity index (χ1) is 13.5. The highest BCUT2D eigenvalue weighted by Crippen LogP contribution is 2.52. The highest BCUT2D eigenvalue weighted by molar-refractivity contribution is 6.35. The van der Waals surface area contributed by atoms with Crippen molar-refractivity contribution in [2.75, 3.05) is 38.2 Å². The van der Waals surface area contributed by atoms with E-state index in [1.807, 2.05) is 13.8 Å². The van der Waals surface area contributed by atoms with Crippen LogP contribution < -0.4 is 5.32 Å². The summed E-state index contributed by atoms with van der Waals surface area (Å²) in [7, 11) is 0. The van der Waals surface area contributed by atoms with Crippen LogP contribution in [0, 0.1) is 17.3 Å². The fourth-order valence-corrected chi connectivity index (χ4v) is 5.29. The third kappa shape index (κ3) is 5.41. The number of anilines is 1. The lowest BCUT2D eigenvalue weighted by atomic mass is 9.57. The van der Waals surface area contributed by atoms with E-state index in [9.17, 15) is 4.79 Å². The predicted molar refractivity (Wildman–Crippen MR) is 116 cm³/mol. The molecule has 2 heterocycles. The number of hydrogen-bond acceptors (Lipinski definition) is 3. The molecule has 1 N–H and O–H groups in total. The van der Waals surface area contributed by atoms with Crippen LogP contribution in [0.2, 0.25) is 10.0 Å². The molecule has 28 heavy (non-hydrogen) atoms. The summed E-state index contributed by atoms with van der Waals surface area (Å²) in [5.41, 5.74) is 1.07. The van der Waals surface area contributed by atoms with Gasteiger partial charge < -0.3 is 15.0 Å². The van der Waals surface area contributed by atoms with Crippen molar-refractivity contribution in [3.05, 3.63) is 28.2 Å². The number of nitrogens with one attached hydrogen (secondary N) is 1. The van der Waals surface area contributed by atoms with E-state index in [-0.39, 0.29) is 11.8 Å². The SMILES string of the molecule is CC.O=C(Nc1cc(Cl)cc(Cl)c1)C1CC2(C1)CN(CCC1CCOCC1)C2. The molecule has 1 saturated carbocycles. The van der Waals surface area contributed by atoms with Gasteiger partial charge in [0.1, 0.15) is 0 Å². The molecule has 3 aliphatic rings. The van der Waals surface area contributed by atoms with E-state index in [4.69, 9.17) is 27.9 Å². The van der Waals surface area contributed by atoms with Crippen LogP contribution >= 0.6 is 23.2 Å². The van der Waals surface area contributed by atoms with Crippen LogP contribution in [0.15, 0.2) is 18.2 Å². The van der Waals surface area contributed by atoms with Crippen molar-refractivity contribution in [2.45, 2.75) is 46.0 Å². The third-order valence-electron chi connectivity index (χ3n) is 6.17. The molecule has 4 nitrogen and oxygen atoms in total. The van der Waals surface area contributed by atoms with Crippen molar-refractivity contribution in [3.63, 3.8) is 0 Å². The standard InChI is InChI=1S/C20H26Cl2N2O2.C2H6/c21-16-7-17(22)9-18(8-16)23-19(25)15-10-20(11-15)12-24(13-20)4-1-14-2-5-26-6-3-14;1-2/h7-9,14-15H,1-6,10-13H2,(H,23,25);1-2H3. The molecule has 0 aromatic heterocycles. The Morgan fingerprint density at radius 3 is 2.36 bits per heavy atom. The number of hydrogen-bond donors (Lipinski definition) is 1. The van der Waals surface area contributed by atoms with Crippen LogP contribution in [0.3, 0.4) is 0 Å². The Bertz CT molecular complexity index is 642. The third-order valence-corrected chi connectivity index (χ3v) is 6.61. The molecule has 0 unspecified atom stereocenters. The number of nitrogens with zero attached hydrogens (tertiary/aromatic N) is 1. The van der Waals surface area contributed by atoms with Crippen molar-refractivity contribution >= 4 is 34.8 Å². The first kappa shape index (κ1) is 21.9. The molecule has 1 amide bonds. The van der Waals surface area contributed by atoms with Gasteiger partial charge >= 0.3 is 0 Å². The Balaban J connectivity index is 0.00000109. The largest absolute Gasteiger partial charge is 0.381 e. The lowest BCUT2D eigenvalue weighted by Gasteiger charge is -2.59. The number of ether oxygens (including phenoxy) is 1. The summed E-state index contributed by atoms with van der Waals surface area (Å²) < 4.78 is 5.43. The number of carbonyl (C=O) groups excluding carboxylic acids is 1. The monoisotopic (exact) mass is 426 g/mol. The van der Waals surface area contributed by atoms with E-state index >= 15 is 0 Å². The van der Waals surface area contributed by atoms with Crippen molar-refractivity contribution in [1.82, 2.24) is 4.90 Å². The number of likely N-dealkylation sites (tertiary alicyclic amines) is 1. The highest BCUT2D eigenvalue weighted by Gasteiger charge is 2.53. The van der Waals surface area contributed by atoms with Crippen molar-refractivity contribution < 1.29 is 9.53 Å². The van der Waals surface area contributed by atoms with E-state index in [1.54, 1.807) is 18.2 Å². The van der Waals surface area contributed by atoms with Crippen LogP contribution in [0.25, 0.3) is 0 Å². The number of benzene rings is 1. The molecule has 1 spiro atoms. The minimum absolute atomic E-state index is 0.0922. The number of carbonyl (C=O) groups is 1. The summed E-state index contributed by atoms with van der Waals surface area (Å²) in [6.45, 7) is 9.38. The summed E-state index contributed by atoms with van der Waals surface area (Å²) in [5, 5.41) is 4.04. The topological polar surface area (TPSA) is 41.6 Å². The first-order valence-electron chi connectivity index (χ1n) is 10.6. The zero-order chi connectivity index (χ0) is 20.1. The quantitative estimate of drug-likeness (QED) is 0.676. The van der Waals surface area contributed by atoms with Crippen LogP contribution in [0.5, 0.6) is 0 Å². The van der Waals surface area contributed by atoms with Crippen LogP contribution in [0.1, 0.15) is 46.0 Å². The Morgan fingerprint density at radius 1 is 1.14 bits per heavy atom. The molecule has 0 radical (unpaired) electrons. The molecule has 2 saturated heterocycles. The van der Waals surface area contributed by atoms with Gasteiger partial charge in [-0.2, -0.15) is 0 Å². The Kier molecular flexibility index (Phi) is 7.66. The summed E-state index contributed by atoms with van der Waals surface area (Å²) in [5.74, 6) is 1.05. The molecule has 2 aliphatic heterocycles. The second-order valence-corrected chi connectivity index (χ2v) is 9.18. The maximum absolute atomic E-state index is 12.4. The maximum Gasteiger partial charge on any atom is 0.227 e. The molecule has 1 aromatic carbocycles. The fourth-order valence-electron chi connectivity index (χ4n) is 4.76. The van der Waals surface area contributed by atoms with Gasteiger partial charge in [0, 0.05) is 48.0 Å². The number of rotatable bonds is 5. The van der Waals surface area contributed by atoms with Gasteiger partial charge in [0.2, 0.25) is 5.91 Å². The van der Waals surface area contributed by atoms with E-state index in [0.717, 1.165) is 45.1 Å². The number of amides is 1. The molecule has 1 aliphatic carbocycles. The molecule has 6 heteroatoms.